The first-order chi connectivity index (χ1) is 58.5. The Labute approximate surface area is 691 Å². The minimum atomic E-state index is 1.09. The van der Waals surface area contributed by atoms with E-state index in [9.17, 15) is 0 Å². The summed E-state index contributed by atoms with van der Waals surface area (Å²) in [4.78, 5) is 4.75. The Bertz CT molecular complexity index is 6600. The van der Waals surface area contributed by atoms with Crippen molar-refractivity contribution >= 4 is 55.7 Å². The normalized spacial score (nSPS) is 11.1. The van der Waals surface area contributed by atoms with Crippen LogP contribution in [0, 0.1) is 0 Å². The minimum Gasteiger partial charge on any atom is -0.310 e. The van der Waals surface area contributed by atoms with Crippen molar-refractivity contribution in [1.29, 1.82) is 0 Å². The van der Waals surface area contributed by atoms with Gasteiger partial charge in [0.1, 0.15) is 0 Å². The molecule has 0 amide bonds. The maximum Gasteiger partial charge on any atom is 0.0468 e. The molecule has 0 N–H and O–H groups in total. The highest BCUT2D eigenvalue weighted by atomic mass is 15.1. The third-order valence-electron chi connectivity index (χ3n) is 22.6. The van der Waals surface area contributed by atoms with Gasteiger partial charge < -0.3 is 9.80 Å². The van der Waals surface area contributed by atoms with Gasteiger partial charge >= 0.3 is 0 Å². The van der Waals surface area contributed by atoms with Gasteiger partial charge in [-0.2, -0.15) is 0 Å². The maximum atomic E-state index is 2.37. The van der Waals surface area contributed by atoms with Gasteiger partial charge in [-0.15, -0.1) is 0 Å². The molecule has 118 heavy (non-hydrogen) atoms. The molecular weight excluding hydrogens is 1420 g/mol. The molecule has 0 aliphatic heterocycles. The molecule has 0 aliphatic rings. The summed E-state index contributed by atoms with van der Waals surface area (Å²) in [6.45, 7) is 0. The van der Waals surface area contributed by atoms with Crippen molar-refractivity contribution < 1.29 is 0 Å². The summed E-state index contributed by atoms with van der Waals surface area (Å²) in [6, 6.07) is 180. The van der Waals surface area contributed by atoms with Crippen LogP contribution >= 0.6 is 0 Å². The van der Waals surface area contributed by atoms with Gasteiger partial charge in [-0.25, -0.2) is 0 Å². The Kier molecular flexibility index (Phi) is 20.8. The monoisotopic (exact) mass is 1500 g/mol. The average molecular weight is 1500 g/mol. The standard InChI is InChI=1S/2C58H41N/c1-4-13-42(14-5-1)45-23-25-51(26-24-45)58-41-54(39-40-57(58)50-29-27-49(28-30-50)56-22-12-20-48-19-10-11-21-55(48)56)59(52-35-31-46(32-36-52)43-15-6-2-7-16-43)53-37-33-47(34-38-53)44-17-8-3-9-18-44;1-4-12-42(13-5-1)46-20-27-51(28-21-46)58-41-56(38-39-57(58)50-25-22-49(23-26-50)53-29-24-45-18-10-11-19-52(45)40-53)59(54-34-30-47(31-35-54)43-14-6-2-7-15-43)55-36-32-48(33-37-55)44-16-8-3-9-17-44/h2*1-41H. The van der Waals surface area contributed by atoms with E-state index in [0.29, 0.717) is 0 Å². The van der Waals surface area contributed by atoms with Gasteiger partial charge in [-0.05, 0) is 234 Å². The smallest absolute Gasteiger partial charge is 0.0468 e. The highest BCUT2D eigenvalue weighted by Gasteiger charge is 2.21. The number of nitrogens with zero attached hydrogens (tertiary/aromatic N) is 2. The molecule has 0 fully saturated rings. The van der Waals surface area contributed by atoms with Crippen molar-refractivity contribution in [3.63, 3.8) is 0 Å². The first-order valence-electron chi connectivity index (χ1n) is 40.5. The fourth-order valence-electron chi connectivity index (χ4n) is 16.4. The van der Waals surface area contributed by atoms with Crippen LogP contribution in [0.15, 0.2) is 497 Å². The van der Waals surface area contributed by atoms with Crippen LogP contribution in [-0.2, 0) is 0 Å². The van der Waals surface area contributed by atoms with E-state index < -0.39 is 0 Å². The Morgan fingerprint density at radius 2 is 0.322 bits per heavy atom. The molecule has 0 bridgehead atoms. The molecule has 20 aromatic rings. The van der Waals surface area contributed by atoms with Crippen LogP contribution in [0.3, 0.4) is 0 Å². The molecule has 0 atom stereocenters. The SMILES string of the molecule is c1ccc(-c2ccc(-c3cc(N(c4ccc(-c5ccccc5)cc4)c4ccc(-c5ccccc5)cc4)ccc3-c3ccc(-c4ccc5ccccc5c4)cc3)cc2)cc1.c1ccc(-c2ccc(-c3cc(N(c4ccc(-c5ccccc5)cc4)c4ccc(-c5ccccc5)cc4)ccc3-c3ccc(-c4cccc5ccccc45)cc3)cc2)cc1. The average Bonchev–Trinajstić information content (AvgIpc) is 0.775. The summed E-state index contributed by atoms with van der Waals surface area (Å²) in [5.41, 5.74) is 35.2. The molecule has 0 saturated carbocycles. The quantitative estimate of drug-likeness (QED) is 0.0845. The Balaban J connectivity index is 0.000000157. The first kappa shape index (κ1) is 72.7. The van der Waals surface area contributed by atoms with Crippen LogP contribution < -0.4 is 9.80 Å². The number of rotatable bonds is 18. The maximum absolute atomic E-state index is 2.37. The van der Waals surface area contributed by atoms with Gasteiger partial charge in [0.15, 0.2) is 0 Å². The predicted octanol–water partition coefficient (Wildman–Crippen LogP) is 32.6. The van der Waals surface area contributed by atoms with Crippen LogP contribution in [0.4, 0.5) is 34.1 Å². The lowest BCUT2D eigenvalue weighted by Gasteiger charge is -2.27. The van der Waals surface area contributed by atoms with Crippen LogP contribution in [0.1, 0.15) is 0 Å². The summed E-state index contributed by atoms with van der Waals surface area (Å²) in [5, 5.41) is 5.02. The highest BCUT2D eigenvalue weighted by Crippen LogP contribution is 2.46. The van der Waals surface area contributed by atoms with Crippen molar-refractivity contribution in [1.82, 2.24) is 0 Å². The number of hydrogen-bond donors (Lipinski definition) is 0. The summed E-state index contributed by atoms with van der Waals surface area (Å²) in [6.07, 6.45) is 0. The third kappa shape index (κ3) is 15.7. The largest absolute Gasteiger partial charge is 0.310 e. The van der Waals surface area contributed by atoms with Gasteiger partial charge in [-0.3, -0.25) is 0 Å². The van der Waals surface area contributed by atoms with Crippen LogP contribution in [0.5, 0.6) is 0 Å². The zero-order valence-electron chi connectivity index (χ0n) is 65.2. The molecule has 0 radical (unpaired) electrons. The summed E-state index contributed by atoms with van der Waals surface area (Å²) >= 11 is 0. The second-order valence-electron chi connectivity index (χ2n) is 29.9. The van der Waals surface area contributed by atoms with Gasteiger partial charge in [0, 0.05) is 34.1 Å². The van der Waals surface area contributed by atoms with Crippen molar-refractivity contribution in [3.8, 4) is 134 Å². The second kappa shape index (κ2) is 33.7. The second-order valence-corrected chi connectivity index (χ2v) is 29.9. The van der Waals surface area contributed by atoms with E-state index >= 15 is 0 Å². The lowest BCUT2D eigenvalue weighted by molar-refractivity contribution is 1.28. The third-order valence-corrected chi connectivity index (χ3v) is 22.6. The van der Waals surface area contributed by atoms with Gasteiger partial charge in [0.05, 0.1) is 0 Å². The van der Waals surface area contributed by atoms with E-state index in [-0.39, 0.29) is 0 Å². The van der Waals surface area contributed by atoms with Crippen molar-refractivity contribution in [2.75, 3.05) is 9.80 Å². The Morgan fingerprint density at radius 1 is 0.102 bits per heavy atom. The van der Waals surface area contributed by atoms with Crippen molar-refractivity contribution in [2.45, 2.75) is 0 Å². The molecule has 0 heterocycles. The number of fused-ring (bicyclic) bond motifs is 2. The lowest BCUT2D eigenvalue weighted by Crippen LogP contribution is -2.10. The summed E-state index contributed by atoms with van der Waals surface area (Å²) in [5.74, 6) is 0. The van der Waals surface area contributed by atoms with Crippen molar-refractivity contribution in [3.05, 3.63) is 497 Å². The van der Waals surface area contributed by atoms with E-state index in [1.807, 2.05) is 0 Å². The molecule has 0 aromatic heterocycles. The summed E-state index contributed by atoms with van der Waals surface area (Å²) in [7, 11) is 0. The van der Waals surface area contributed by atoms with Gasteiger partial charge in [0.2, 0.25) is 0 Å². The number of hydrogen-bond acceptors (Lipinski definition) is 2. The topological polar surface area (TPSA) is 6.48 Å². The minimum absolute atomic E-state index is 1.09. The van der Waals surface area contributed by atoms with Crippen LogP contribution in [0.25, 0.3) is 155 Å². The first-order valence-corrected chi connectivity index (χ1v) is 40.5. The molecule has 0 unspecified atom stereocenters. The fourth-order valence-corrected chi connectivity index (χ4v) is 16.4. The van der Waals surface area contributed by atoms with E-state index in [4.69, 9.17) is 0 Å². The van der Waals surface area contributed by atoms with E-state index in [2.05, 4.69) is 507 Å². The number of benzene rings is 20. The molecular formula is C116H82N2. The van der Waals surface area contributed by atoms with Crippen LogP contribution in [-0.4, -0.2) is 0 Å². The van der Waals surface area contributed by atoms with Gasteiger partial charge in [-0.1, -0.05) is 419 Å². The molecule has 2 nitrogen and oxygen atoms in total. The zero-order chi connectivity index (χ0) is 78.8. The molecule has 20 aromatic carbocycles. The molecule has 2 heteroatoms. The molecule has 0 saturated heterocycles. The summed E-state index contributed by atoms with van der Waals surface area (Å²) < 4.78 is 0. The predicted molar refractivity (Wildman–Crippen MR) is 502 cm³/mol. The van der Waals surface area contributed by atoms with E-state index in [1.54, 1.807) is 0 Å². The van der Waals surface area contributed by atoms with E-state index in [0.717, 1.165) is 34.1 Å². The highest BCUT2D eigenvalue weighted by molar-refractivity contribution is 5.98. The molecule has 556 valence electrons. The Morgan fingerprint density at radius 3 is 0.653 bits per heavy atom. The Hall–Kier alpha value is -15.5. The van der Waals surface area contributed by atoms with E-state index in [1.165, 1.54) is 155 Å². The molecule has 0 spiro atoms. The van der Waals surface area contributed by atoms with Crippen molar-refractivity contribution in [2.24, 2.45) is 0 Å². The molecule has 0 aliphatic carbocycles. The van der Waals surface area contributed by atoms with Crippen LogP contribution in [0.2, 0.25) is 0 Å². The lowest BCUT2D eigenvalue weighted by atomic mass is 9.91. The zero-order valence-corrected chi connectivity index (χ0v) is 65.2. The number of anilines is 6. The van der Waals surface area contributed by atoms with Gasteiger partial charge in [0.25, 0.3) is 0 Å². The fraction of sp³-hybridized carbons (Fsp3) is 0. The molecule has 20 rings (SSSR count).